The molecule has 112 valence electrons. The number of nitro benzene ring substituents is 1. The minimum absolute atomic E-state index is 0. The van der Waals surface area contributed by atoms with E-state index in [1.165, 1.54) is 35.6 Å². The fourth-order valence-electron chi connectivity index (χ4n) is 1.63. The molecule has 2 aromatic rings. The Morgan fingerprint density at radius 3 is 2.86 bits per heavy atom. The van der Waals surface area contributed by atoms with Gasteiger partial charge in [-0.05, 0) is 13.0 Å². The lowest BCUT2D eigenvalue weighted by molar-refractivity contribution is -0.384. The van der Waals surface area contributed by atoms with Gasteiger partial charge in [0.2, 0.25) is 0 Å². The van der Waals surface area contributed by atoms with Crippen LogP contribution < -0.4 is 12.4 Å². The molecule has 0 N–H and O–H groups in total. The number of ether oxygens (including phenoxy) is 1. The van der Waals surface area contributed by atoms with E-state index in [1.807, 2.05) is 6.92 Å². The van der Waals surface area contributed by atoms with Crippen LogP contribution >= 0.6 is 11.3 Å². The smallest absolute Gasteiger partial charge is 0.338 e. The third-order valence-electron chi connectivity index (χ3n) is 2.70. The zero-order chi connectivity index (χ0) is 14.5. The summed E-state index contributed by atoms with van der Waals surface area (Å²) in [6, 6.07) is 5.49. The SMILES string of the molecule is Cc1ncsc1CCOC(=O)c1cccc([N+](=O)[O-])c1.[Cl-]. The number of thiazole rings is 1. The van der Waals surface area contributed by atoms with Crippen LogP contribution in [0.4, 0.5) is 5.69 Å². The van der Waals surface area contributed by atoms with Crippen molar-refractivity contribution in [2.45, 2.75) is 13.3 Å². The molecule has 0 aliphatic heterocycles. The molecule has 0 unspecified atom stereocenters. The van der Waals surface area contributed by atoms with Gasteiger partial charge in [-0.1, -0.05) is 6.07 Å². The van der Waals surface area contributed by atoms with Crippen molar-refractivity contribution < 1.29 is 26.9 Å². The standard InChI is InChI=1S/C13H12N2O4S.ClH/c1-9-12(20-8-14-9)5-6-19-13(16)10-3-2-4-11(7-10)15(17)18;/h2-4,7-8H,5-6H2,1H3;1H/p-1. The summed E-state index contributed by atoms with van der Waals surface area (Å²) < 4.78 is 5.11. The number of aryl methyl sites for hydroxylation is 1. The van der Waals surface area contributed by atoms with E-state index in [9.17, 15) is 14.9 Å². The van der Waals surface area contributed by atoms with E-state index in [4.69, 9.17) is 4.74 Å². The lowest BCUT2D eigenvalue weighted by Crippen LogP contribution is -3.00. The second kappa shape index (κ2) is 7.70. The number of benzene rings is 1. The fourth-order valence-corrected chi connectivity index (χ4v) is 2.39. The predicted octanol–water partition coefficient (Wildman–Crippen LogP) is -0.237. The van der Waals surface area contributed by atoms with Crippen LogP contribution in [-0.4, -0.2) is 22.5 Å². The number of rotatable bonds is 5. The second-order valence-corrected chi connectivity index (χ2v) is 4.99. The average Bonchev–Trinajstić information content (AvgIpc) is 2.84. The normalized spacial score (nSPS) is 9.76. The summed E-state index contributed by atoms with van der Waals surface area (Å²) in [5.41, 5.74) is 2.73. The van der Waals surface area contributed by atoms with Crippen LogP contribution in [0, 0.1) is 17.0 Å². The van der Waals surface area contributed by atoms with Gasteiger partial charge in [-0.2, -0.15) is 0 Å². The number of carbonyl (C=O) groups excluding carboxylic acids is 1. The summed E-state index contributed by atoms with van der Waals surface area (Å²) in [6.07, 6.45) is 0.594. The van der Waals surface area contributed by atoms with E-state index in [0.717, 1.165) is 10.6 Å². The second-order valence-electron chi connectivity index (χ2n) is 4.05. The van der Waals surface area contributed by atoms with Crippen molar-refractivity contribution in [3.05, 3.63) is 56.0 Å². The Bertz CT molecular complexity index is 645. The molecule has 0 spiro atoms. The summed E-state index contributed by atoms with van der Waals surface area (Å²) in [5, 5.41) is 10.6. The average molecular weight is 328 g/mol. The quantitative estimate of drug-likeness (QED) is 0.430. The van der Waals surface area contributed by atoms with E-state index < -0.39 is 10.9 Å². The topological polar surface area (TPSA) is 82.3 Å². The van der Waals surface area contributed by atoms with E-state index in [1.54, 1.807) is 5.51 Å². The summed E-state index contributed by atoms with van der Waals surface area (Å²) in [7, 11) is 0. The third-order valence-corrected chi connectivity index (χ3v) is 3.69. The summed E-state index contributed by atoms with van der Waals surface area (Å²) in [6.45, 7) is 2.12. The van der Waals surface area contributed by atoms with Crippen LogP contribution in [0.5, 0.6) is 0 Å². The first-order chi connectivity index (χ1) is 9.58. The van der Waals surface area contributed by atoms with Crippen molar-refractivity contribution in [3.8, 4) is 0 Å². The summed E-state index contributed by atoms with van der Waals surface area (Å²) >= 11 is 1.51. The van der Waals surface area contributed by atoms with Gasteiger partial charge < -0.3 is 17.1 Å². The van der Waals surface area contributed by atoms with Gasteiger partial charge in [-0.25, -0.2) is 9.78 Å². The molecule has 1 aromatic carbocycles. The van der Waals surface area contributed by atoms with E-state index in [0.29, 0.717) is 6.42 Å². The number of hydrogen-bond acceptors (Lipinski definition) is 6. The van der Waals surface area contributed by atoms with Crippen molar-refractivity contribution in [3.63, 3.8) is 0 Å². The highest BCUT2D eigenvalue weighted by molar-refractivity contribution is 7.09. The molecule has 0 amide bonds. The zero-order valence-electron chi connectivity index (χ0n) is 11.1. The Kier molecular flexibility index (Phi) is 6.26. The Morgan fingerprint density at radius 2 is 2.24 bits per heavy atom. The van der Waals surface area contributed by atoms with E-state index in [-0.39, 0.29) is 30.3 Å². The number of nitro groups is 1. The van der Waals surface area contributed by atoms with Crippen LogP contribution in [0.1, 0.15) is 20.9 Å². The van der Waals surface area contributed by atoms with E-state index >= 15 is 0 Å². The number of non-ortho nitro benzene ring substituents is 1. The van der Waals surface area contributed by atoms with Crippen molar-refractivity contribution in [1.29, 1.82) is 0 Å². The lowest BCUT2D eigenvalue weighted by Gasteiger charge is -2.04. The fraction of sp³-hybridized carbons (Fsp3) is 0.231. The minimum atomic E-state index is -0.559. The van der Waals surface area contributed by atoms with Crippen LogP contribution in [0.25, 0.3) is 0 Å². The molecule has 21 heavy (non-hydrogen) atoms. The van der Waals surface area contributed by atoms with Gasteiger partial charge in [0.25, 0.3) is 5.69 Å². The van der Waals surface area contributed by atoms with Crippen molar-refractivity contribution in [2.75, 3.05) is 6.61 Å². The van der Waals surface area contributed by atoms with Crippen LogP contribution in [0.15, 0.2) is 29.8 Å². The van der Waals surface area contributed by atoms with Crippen LogP contribution in [0.2, 0.25) is 0 Å². The molecule has 0 saturated heterocycles. The summed E-state index contributed by atoms with van der Waals surface area (Å²) in [4.78, 5) is 27.0. The monoisotopic (exact) mass is 327 g/mol. The number of esters is 1. The first-order valence-electron chi connectivity index (χ1n) is 5.88. The Balaban J connectivity index is 0.00000220. The number of halogens is 1. The molecule has 0 atom stereocenters. The highest BCUT2D eigenvalue weighted by atomic mass is 35.5. The Labute approximate surface area is 131 Å². The van der Waals surface area contributed by atoms with Gasteiger partial charge in [0.05, 0.1) is 28.3 Å². The maximum atomic E-state index is 11.8. The Morgan fingerprint density at radius 1 is 1.48 bits per heavy atom. The van der Waals surface area contributed by atoms with Gasteiger partial charge in [0, 0.05) is 23.4 Å². The molecule has 1 aromatic heterocycles. The minimum Gasteiger partial charge on any atom is -1.00 e. The van der Waals surface area contributed by atoms with Crippen molar-refractivity contribution in [2.24, 2.45) is 0 Å². The van der Waals surface area contributed by atoms with Crippen molar-refractivity contribution in [1.82, 2.24) is 4.98 Å². The van der Waals surface area contributed by atoms with Gasteiger partial charge in [0.15, 0.2) is 0 Å². The molecular weight excluding hydrogens is 316 g/mol. The first-order valence-corrected chi connectivity index (χ1v) is 6.76. The van der Waals surface area contributed by atoms with Crippen LogP contribution in [0.3, 0.4) is 0 Å². The van der Waals surface area contributed by atoms with Crippen molar-refractivity contribution >= 4 is 23.0 Å². The molecule has 0 fully saturated rings. The highest BCUT2D eigenvalue weighted by Crippen LogP contribution is 2.15. The molecule has 0 radical (unpaired) electrons. The number of carbonyl (C=O) groups is 1. The largest absolute Gasteiger partial charge is 1.00 e. The number of hydrogen-bond donors (Lipinski definition) is 0. The van der Waals surface area contributed by atoms with Crippen LogP contribution in [-0.2, 0) is 11.2 Å². The van der Waals surface area contributed by atoms with Gasteiger partial charge >= 0.3 is 5.97 Å². The maximum absolute atomic E-state index is 11.8. The van der Waals surface area contributed by atoms with Gasteiger partial charge in [0.1, 0.15) is 0 Å². The van der Waals surface area contributed by atoms with E-state index in [2.05, 4.69) is 4.98 Å². The predicted molar refractivity (Wildman–Crippen MR) is 73.9 cm³/mol. The third kappa shape index (κ3) is 4.51. The Hall–Kier alpha value is -1.99. The molecule has 1 heterocycles. The maximum Gasteiger partial charge on any atom is 0.338 e. The molecule has 0 aliphatic rings. The van der Waals surface area contributed by atoms with Gasteiger partial charge in [-0.15, -0.1) is 11.3 Å². The molecule has 6 nitrogen and oxygen atoms in total. The molecule has 0 bridgehead atoms. The molecule has 0 aliphatic carbocycles. The molecule has 0 saturated carbocycles. The molecule has 2 rings (SSSR count). The number of aromatic nitrogens is 1. The molecule has 8 heteroatoms. The number of nitrogens with zero attached hydrogens (tertiary/aromatic N) is 2. The zero-order valence-corrected chi connectivity index (χ0v) is 12.7. The summed E-state index contributed by atoms with van der Waals surface area (Å²) in [5.74, 6) is -0.559. The first kappa shape index (κ1) is 17.1. The lowest BCUT2D eigenvalue weighted by atomic mass is 10.2. The molecular formula is C13H12ClN2O4S-. The van der Waals surface area contributed by atoms with Gasteiger partial charge in [-0.3, -0.25) is 10.1 Å². The highest BCUT2D eigenvalue weighted by Gasteiger charge is 2.12.